The summed E-state index contributed by atoms with van der Waals surface area (Å²) in [5, 5.41) is 8.42. The van der Waals surface area contributed by atoms with E-state index in [2.05, 4.69) is 0 Å². The van der Waals surface area contributed by atoms with Gasteiger partial charge in [-0.05, 0) is 19.4 Å². The molecule has 0 aliphatic carbocycles. The monoisotopic (exact) mass is 277 g/mol. The number of nitriles is 1. The molecule has 1 heterocycles. The lowest BCUT2D eigenvalue weighted by Crippen LogP contribution is -2.46. The predicted octanol–water partition coefficient (Wildman–Crippen LogP) is 1.63. The minimum Gasteiger partial charge on any atom is -0.344 e. The SMILES string of the molecule is CN(CCC#N)C(=O)CN1CCCC(C(F)(F)F)C1. The van der Waals surface area contributed by atoms with Gasteiger partial charge < -0.3 is 4.90 Å². The van der Waals surface area contributed by atoms with Crippen LogP contribution in [0.15, 0.2) is 0 Å². The molecule has 1 rings (SSSR count). The molecule has 1 fully saturated rings. The number of nitrogens with zero attached hydrogens (tertiary/aromatic N) is 3. The van der Waals surface area contributed by atoms with E-state index in [-0.39, 0.29) is 31.8 Å². The third kappa shape index (κ3) is 5.07. The standard InChI is InChI=1S/C12H18F3N3O/c1-17(6-3-5-16)11(19)9-18-7-2-4-10(8-18)12(13,14)15/h10H,2-4,6-9H2,1H3. The molecule has 1 aliphatic heterocycles. The lowest BCUT2D eigenvalue weighted by molar-refractivity contribution is -0.187. The summed E-state index contributed by atoms with van der Waals surface area (Å²) < 4.78 is 37.9. The topological polar surface area (TPSA) is 47.3 Å². The molecule has 0 aromatic rings. The van der Waals surface area contributed by atoms with Crippen molar-refractivity contribution in [3.63, 3.8) is 0 Å². The number of likely N-dealkylation sites (tertiary alicyclic amines) is 1. The van der Waals surface area contributed by atoms with Crippen molar-refractivity contribution in [2.24, 2.45) is 5.92 Å². The smallest absolute Gasteiger partial charge is 0.344 e. The molecule has 0 N–H and O–H groups in total. The van der Waals surface area contributed by atoms with Crippen molar-refractivity contribution in [2.75, 3.05) is 33.2 Å². The van der Waals surface area contributed by atoms with Crippen LogP contribution < -0.4 is 0 Å². The summed E-state index contributed by atoms with van der Waals surface area (Å²) in [5.74, 6) is -1.57. The molecular formula is C12H18F3N3O. The second-order valence-corrected chi connectivity index (χ2v) is 4.84. The first kappa shape index (κ1) is 15.8. The number of piperidine rings is 1. The fourth-order valence-electron chi connectivity index (χ4n) is 2.12. The van der Waals surface area contributed by atoms with Gasteiger partial charge in [-0.2, -0.15) is 18.4 Å². The number of hydrogen-bond donors (Lipinski definition) is 0. The highest BCUT2D eigenvalue weighted by Gasteiger charge is 2.41. The highest BCUT2D eigenvalue weighted by atomic mass is 19.4. The summed E-state index contributed by atoms with van der Waals surface area (Å²) in [5.41, 5.74) is 0. The number of rotatable bonds is 4. The largest absolute Gasteiger partial charge is 0.393 e. The Balaban J connectivity index is 2.44. The Labute approximate surface area is 110 Å². The summed E-state index contributed by atoms with van der Waals surface area (Å²) in [7, 11) is 1.56. The Kier molecular flexibility index (Phi) is 5.60. The first-order chi connectivity index (χ1) is 8.84. The molecule has 0 saturated carbocycles. The van der Waals surface area contributed by atoms with E-state index >= 15 is 0 Å². The summed E-state index contributed by atoms with van der Waals surface area (Å²) >= 11 is 0. The maximum Gasteiger partial charge on any atom is 0.393 e. The minimum atomic E-state index is -4.19. The predicted molar refractivity (Wildman–Crippen MR) is 63.1 cm³/mol. The molecule has 0 radical (unpaired) electrons. The van der Waals surface area contributed by atoms with Crippen molar-refractivity contribution in [3.05, 3.63) is 0 Å². The summed E-state index contributed by atoms with van der Waals surface area (Å²) in [6, 6.07) is 1.93. The van der Waals surface area contributed by atoms with Crippen LogP contribution in [0, 0.1) is 17.2 Å². The summed E-state index contributed by atoms with van der Waals surface area (Å²) in [6.45, 7) is 0.714. The van der Waals surface area contributed by atoms with E-state index < -0.39 is 12.1 Å². The fourth-order valence-corrected chi connectivity index (χ4v) is 2.12. The van der Waals surface area contributed by atoms with E-state index in [1.165, 1.54) is 4.90 Å². The number of halogens is 3. The Morgan fingerprint density at radius 3 is 2.79 bits per heavy atom. The molecule has 7 heteroatoms. The molecule has 19 heavy (non-hydrogen) atoms. The van der Waals surface area contributed by atoms with Gasteiger partial charge in [0.25, 0.3) is 0 Å². The Morgan fingerprint density at radius 2 is 2.21 bits per heavy atom. The zero-order valence-electron chi connectivity index (χ0n) is 10.9. The van der Waals surface area contributed by atoms with Gasteiger partial charge >= 0.3 is 6.18 Å². The van der Waals surface area contributed by atoms with Gasteiger partial charge in [0.05, 0.1) is 25.0 Å². The van der Waals surface area contributed by atoms with Crippen molar-refractivity contribution in [3.8, 4) is 6.07 Å². The molecule has 108 valence electrons. The normalized spacial score (nSPS) is 20.9. The average Bonchev–Trinajstić information content (AvgIpc) is 2.35. The highest BCUT2D eigenvalue weighted by molar-refractivity contribution is 5.78. The number of hydrogen-bond acceptors (Lipinski definition) is 3. The van der Waals surface area contributed by atoms with Crippen molar-refractivity contribution in [2.45, 2.75) is 25.4 Å². The third-order valence-electron chi connectivity index (χ3n) is 3.31. The number of alkyl halides is 3. The van der Waals surface area contributed by atoms with E-state index in [1.54, 1.807) is 11.9 Å². The summed E-state index contributed by atoms with van der Waals surface area (Å²) in [6.07, 6.45) is -3.36. The average molecular weight is 277 g/mol. The van der Waals surface area contributed by atoms with Gasteiger partial charge in [-0.1, -0.05) is 0 Å². The van der Waals surface area contributed by atoms with Crippen LogP contribution in [-0.2, 0) is 4.79 Å². The molecule has 1 atom stereocenters. The van der Waals surface area contributed by atoms with Crippen LogP contribution in [0.25, 0.3) is 0 Å². The molecular weight excluding hydrogens is 259 g/mol. The lowest BCUT2D eigenvalue weighted by atomic mass is 9.97. The second kappa shape index (κ2) is 6.75. The van der Waals surface area contributed by atoms with E-state index in [0.29, 0.717) is 19.5 Å². The first-order valence-corrected chi connectivity index (χ1v) is 6.24. The van der Waals surface area contributed by atoms with E-state index in [4.69, 9.17) is 5.26 Å². The van der Waals surface area contributed by atoms with E-state index in [0.717, 1.165) is 0 Å². The van der Waals surface area contributed by atoms with Crippen molar-refractivity contribution in [1.29, 1.82) is 5.26 Å². The highest BCUT2D eigenvalue weighted by Crippen LogP contribution is 2.32. The molecule has 0 aromatic heterocycles. The van der Waals surface area contributed by atoms with Crippen LogP contribution in [0.5, 0.6) is 0 Å². The maximum absolute atomic E-state index is 12.6. The number of carbonyl (C=O) groups excluding carboxylic acids is 1. The van der Waals surface area contributed by atoms with E-state index in [1.807, 2.05) is 6.07 Å². The molecule has 1 unspecified atom stereocenters. The molecule has 1 amide bonds. The molecule has 1 aliphatic rings. The lowest BCUT2D eigenvalue weighted by Gasteiger charge is -2.34. The Hall–Kier alpha value is -1.29. The van der Waals surface area contributed by atoms with Crippen molar-refractivity contribution in [1.82, 2.24) is 9.80 Å². The van der Waals surface area contributed by atoms with Gasteiger partial charge in [-0.3, -0.25) is 9.69 Å². The first-order valence-electron chi connectivity index (χ1n) is 6.24. The molecule has 0 bridgehead atoms. The number of likely N-dealkylation sites (N-methyl/N-ethyl adjacent to an activating group) is 1. The summed E-state index contributed by atoms with van der Waals surface area (Å²) in [4.78, 5) is 14.7. The maximum atomic E-state index is 12.6. The van der Waals surface area contributed by atoms with Crippen LogP contribution in [0.3, 0.4) is 0 Å². The molecule has 4 nitrogen and oxygen atoms in total. The quantitative estimate of drug-likeness (QED) is 0.784. The molecule has 1 saturated heterocycles. The van der Waals surface area contributed by atoms with Crippen LogP contribution >= 0.6 is 0 Å². The van der Waals surface area contributed by atoms with Crippen LogP contribution in [-0.4, -0.2) is 55.1 Å². The fraction of sp³-hybridized carbons (Fsp3) is 0.833. The zero-order valence-corrected chi connectivity index (χ0v) is 10.9. The molecule has 0 spiro atoms. The van der Waals surface area contributed by atoms with Gasteiger partial charge in [0.1, 0.15) is 0 Å². The Bertz CT molecular complexity index is 351. The number of carbonyl (C=O) groups is 1. The van der Waals surface area contributed by atoms with Crippen LogP contribution in [0.2, 0.25) is 0 Å². The van der Waals surface area contributed by atoms with Gasteiger partial charge in [0, 0.05) is 20.1 Å². The zero-order chi connectivity index (χ0) is 14.5. The van der Waals surface area contributed by atoms with Gasteiger partial charge in [-0.25, -0.2) is 0 Å². The van der Waals surface area contributed by atoms with Crippen molar-refractivity contribution >= 4 is 5.91 Å². The van der Waals surface area contributed by atoms with Gasteiger partial charge in [-0.15, -0.1) is 0 Å². The third-order valence-corrected chi connectivity index (χ3v) is 3.31. The van der Waals surface area contributed by atoms with Gasteiger partial charge in [0.15, 0.2) is 0 Å². The van der Waals surface area contributed by atoms with Crippen molar-refractivity contribution < 1.29 is 18.0 Å². The van der Waals surface area contributed by atoms with Crippen LogP contribution in [0.1, 0.15) is 19.3 Å². The number of amides is 1. The Morgan fingerprint density at radius 1 is 1.53 bits per heavy atom. The van der Waals surface area contributed by atoms with Crippen LogP contribution in [0.4, 0.5) is 13.2 Å². The van der Waals surface area contributed by atoms with Gasteiger partial charge in [0.2, 0.25) is 5.91 Å². The van der Waals surface area contributed by atoms with E-state index in [9.17, 15) is 18.0 Å². The molecule has 0 aromatic carbocycles. The minimum absolute atomic E-state index is 0.00545. The second-order valence-electron chi connectivity index (χ2n) is 4.84.